The standard InChI is InChI=1S/C29H35N7O/c1-20(14-22(17-30-3)19-35-10-5-4-6-11-35)23-8-9-26-25(16-23)27(34-33-26)29(37)32-24-15-21(2)28(31-18-24)36-12-7-13-36/h8-9,14-18H,3-7,10-13,19H2,1-2H3,(H,32,37)(H,33,34)/b20-14+,22-17+. The lowest BCUT2D eigenvalue weighted by Crippen LogP contribution is -2.38. The van der Waals surface area contributed by atoms with Gasteiger partial charge in [0.25, 0.3) is 5.91 Å². The Morgan fingerprint density at radius 2 is 1.97 bits per heavy atom. The second kappa shape index (κ2) is 11.1. The van der Waals surface area contributed by atoms with Crippen LogP contribution < -0.4 is 10.2 Å². The Bertz CT molecular complexity index is 1360. The lowest BCUT2D eigenvalue weighted by molar-refractivity contribution is 0.102. The molecule has 0 aliphatic carbocycles. The smallest absolute Gasteiger partial charge is 0.276 e. The molecule has 2 N–H and O–H groups in total. The quantitative estimate of drug-likeness (QED) is 0.330. The molecular formula is C29H35N7O. The van der Waals surface area contributed by atoms with Gasteiger partial charge in [-0.15, -0.1) is 0 Å². The number of allylic oxidation sites excluding steroid dienone is 1. The summed E-state index contributed by atoms with van der Waals surface area (Å²) in [6, 6.07) is 8.01. The molecular weight excluding hydrogens is 462 g/mol. The van der Waals surface area contributed by atoms with Gasteiger partial charge in [0.15, 0.2) is 5.69 Å². The number of benzene rings is 1. The first-order chi connectivity index (χ1) is 18.0. The number of carbonyl (C=O) groups is 1. The summed E-state index contributed by atoms with van der Waals surface area (Å²) in [4.78, 5) is 26.5. The zero-order chi connectivity index (χ0) is 25.8. The van der Waals surface area contributed by atoms with E-state index >= 15 is 0 Å². The molecule has 8 heteroatoms. The van der Waals surface area contributed by atoms with Gasteiger partial charge in [0.05, 0.1) is 17.4 Å². The predicted molar refractivity (Wildman–Crippen MR) is 151 cm³/mol. The van der Waals surface area contributed by atoms with Crippen molar-refractivity contribution in [2.75, 3.05) is 42.9 Å². The zero-order valence-corrected chi connectivity index (χ0v) is 21.8. The first-order valence-electron chi connectivity index (χ1n) is 13.1. The number of amides is 1. The summed E-state index contributed by atoms with van der Waals surface area (Å²) in [5.41, 5.74) is 6.17. The lowest BCUT2D eigenvalue weighted by Gasteiger charge is -2.33. The number of nitrogens with zero attached hydrogens (tertiary/aromatic N) is 5. The SMILES string of the molecule is C=N/C=C(\C=C(/C)c1ccc2[nH]nc(C(=O)Nc3cnc(N4CCC4)c(C)c3)c2c1)CN1CCCCC1. The van der Waals surface area contributed by atoms with Crippen molar-refractivity contribution in [1.29, 1.82) is 0 Å². The number of piperidine rings is 1. The average Bonchev–Trinajstić information content (AvgIpc) is 3.29. The number of anilines is 2. The van der Waals surface area contributed by atoms with Crippen LogP contribution in [0.2, 0.25) is 0 Å². The van der Waals surface area contributed by atoms with Crippen LogP contribution in [-0.4, -0.2) is 65.4 Å². The number of carbonyl (C=O) groups excluding carboxylic acids is 1. The first kappa shape index (κ1) is 24.9. The van der Waals surface area contributed by atoms with E-state index in [2.05, 4.69) is 61.1 Å². The number of likely N-dealkylation sites (tertiary alicyclic amines) is 1. The minimum atomic E-state index is -0.260. The van der Waals surface area contributed by atoms with E-state index in [1.807, 2.05) is 31.3 Å². The molecule has 4 heterocycles. The van der Waals surface area contributed by atoms with Gasteiger partial charge in [-0.2, -0.15) is 5.10 Å². The van der Waals surface area contributed by atoms with Crippen LogP contribution in [0.25, 0.3) is 16.5 Å². The van der Waals surface area contributed by atoms with Crippen LogP contribution in [0.15, 0.2) is 53.3 Å². The van der Waals surface area contributed by atoms with E-state index in [9.17, 15) is 4.79 Å². The van der Waals surface area contributed by atoms with Crippen molar-refractivity contribution >= 4 is 40.6 Å². The molecule has 2 aliphatic heterocycles. The van der Waals surface area contributed by atoms with Gasteiger partial charge < -0.3 is 10.2 Å². The normalized spacial score (nSPS) is 17.1. The molecule has 1 aromatic carbocycles. The Hall–Kier alpha value is -3.78. The van der Waals surface area contributed by atoms with Gasteiger partial charge in [0, 0.05) is 31.2 Å². The molecule has 0 radical (unpaired) electrons. The second-order valence-corrected chi connectivity index (χ2v) is 10.0. The van der Waals surface area contributed by atoms with E-state index in [-0.39, 0.29) is 5.91 Å². The minimum Gasteiger partial charge on any atom is -0.356 e. The van der Waals surface area contributed by atoms with Gasteiger partial charge in [-0.3, -0.25) is 19.8 Å². The Morgan fingerprint density at radius 1 is 1.16 bits per heavy atom. The van der Waals surface area contributed by atoms with Crippen molar-refractivity contribution in [2.24, 2.45) is 4.99 Å². The number of fused-ring (bicyclic) bond motifs is 1. The maximum atomic E-state index is 13.2. The van der Waals surface area contributed by atoms with Crippen LogP contribution in [-0.2, 0) is 0 Å². The highest BCUT2D eigenvalue weighted by Gasteiger charge is 2.19. The molecule has 192 valence electrons. The number of H-pyrrole nitrogens is 1. The number of pyridine rings is 1. The molecule has 2 aliphatic rings. The zero-order valence-electron chi connectivity index (χ0n) is 21.8. The summed E-state index contributed by atoms with van der Waals surface area (Å²) in [6.45, 7) is 13.0. The molecule has 0 unspecified atom stereocenters. The third-order valence-electron chi connectivity index (χ3n) is 7.21. The fourth-order valence-corrected chi connectivity index (χ4v) is 5.10. The van der Waals surface area contributed by atoms with Crippen molar-refractivity contribution in [3.63, 3.8) is 0 Å². The third-order valence-corrected chi connectivity index (χ3v) is 7.21. The van der Waals surface area contributed by atoms with E-state index in [0.29, 0.717) is 11.4 Å². The number of aliphatic imine (C=N–C) groups is 1. The Morgan fingerprint density at radius 3 is 2.68 bits per heavy atom. The van der Waals surface area contributed by atoms with Gasteiger partial charge in [0.2, 0.25) is 0 Å². The highest BCUT2D eigenvalue weighted by molar-refractivity contribution is 6.11. The number of aromatic nitrogens is 3. The van der Waals surface area contributed by atoms with E-state index in [1.165, 1.54) is 25.7 Å². The Balaban J connectivity index is 1.35. The second-order valence-electron chi connectivity index (χ2n) is 10.0. The molecule has 2 saturated heterocycles. The van der Waals surface area contributed by atoms with E-state index in [1.54, 1.807) is 6.20 Å². The molecule has 2 aromatic heterocycles. The monoisotopic (exact) mass is 497 g/mol. The minimum absolute atomic E-state index is 0.260. The molecule has 3 aromatic rings. The topological polar surface area (TPSA) is 89.5 Å². The van der Waals surface area contributed by atoms with Crippen molar-refractivity contribution in [2.45, 2.75) is 39.5 Å². The Kier molecular flexibility index (Phi) is 7.46. The van der Waals surface area contributed by atoms with Crippen molar-refractivity contribution in [3.8, 4) is 0 Å². The largest absolute Gasteiger partial charge is 0.356 e. The fourth-order valence-electron chi connectivity index (χ4n) is 5.10. The molecule has 1 amide bonds. The highest BCUT2D eigenvalue weighted by Crippen LogP contribution is 2.27. The summed E-state index contributed by atoms with van der Waals surface area (Å²) >= 11 is 0. The molecule has 8 nitrogen and oxygen atoms in total. The maximum Gasteiger partial charge on any atom is 0.276 e. The highest BCUT2D eigenvalue weighted by atomic mass is 16.1. The van der Waals surface area contributed by atoms with Crippen LogP contribution in [0, 0.1) is 6.92 Å². The van der Waals surface area contributed by atoms with Crippen LogP contribution in [0.5, 0.6) is 0 Å². The summed E-state index contributed by atoms with van der Waals surface area (Å²) < 4.78 is 0. The van der Waals surface area contributed by atoms with Crippen LogP contribution in [0.1, 0.15) is 54.2 Å². The summed E-state index contributed by atoms with van der Waals surface area (Å²) in [5, 5.41) is 11.1. The molecule has 0 saturated carbocycles. The van der Waals surface area contributed by atoms with Gasteiger partial charge in [-0.05, 0) is 93.4 Å². The Labute approximate surface area is 218 Å². The molecule has 0 atom stereocenters. The first-order valence-corrected chi connectivity index (χ1v) is 13.1. The number of rotatable bonds is 8. The van der Waals surface area contributed by atoms with Crippen LogP contribution in [0.4, 0.5) is 11.5 Å². The number of nitrogens with one attached hydrogen (secondary N) is 2. The summed E-state index contributed by atoms with van der Waals surface area (Å²) in [6.07, 6.45) is 10.7. The fraction of sp³-hybridized carbons (Fsp3) is 0.379. The van der Waals surface area contributed by atoms with Gasteiger partial charge >= 0.3 is 0 Å². The third kappa shape index (κ3) is 5.64. The molecule has 0 spiro atoms. The molecule has 37 heavy (non-hydrogen) atoms. The number of hydrogen-bond donors (Lipinski definition) is 2. The molecule has 0 bridgehead atoms. The van der Waals surface area contributed by atoms with Gasteiger partial charge in [-0.25, -0.2) is 4.98 Å². The average molecular weight is 498 g/mol. The van der Waals surface area contributed by atoms with Crippen molar-refractivity contribution < 1.29 is 4.79 Å². The number of aromatic amines is 1. The molecule has 5 rings (SSSR count). The van der Waals surface area contributed by atoms with Crippen LogP contribution >= 0.6 is 0 Å². The number of hydrogen-bond acceptors (Lipinski definition) is 6. The van der Waals surface area contributed by atoms with E-state index in [0.717, 1.165) is 71.7 Å². The predicted octanol–water partition coefficient (Wildman–Crippen LogP) is 5.20. The maximum absolute atomic E-state index is 13.2. The van der Waals surface area contributed by atoms with Gasteiger partial charge in [-0.1, -0.05) is 18.6 Å². The summed E-state index contributed by atoms with van der Waals surface area (Å²) in [5.74, 6) is 0.728. The van der Waals surface area contributed by atoms with E-state index in [4.69, 9.17) is 0 Å². The van der Waals surface area contributed by atoms with Crippen LogP contribution in [0.3, 0.4) is 0 Å². The van der Waals surface area contributed by atoms with E-state index < -0.39 is 0 Å². The lowest BCUT2D eigenvalue weighted by atomic mass is 10.0. The molecule has 2 fully saturated rings. The van der Waals surface area contributed by atoms with Crippen molar-refractivity contribution in [1.82, 2.24) is 20.1 Å². The number of aryl methyl sites for hydroxylation is 1. The summed E-state index contributed by atoms with van der Waals surface area (Å²) in [7, 11) is 0. The van der Waals surface area contributed by atoms with Gasteiger partial charge in [0.1, 0.15) is 5.82 Å². The van der Waals surface area contributed by atoms with Crippen molar-refractivity contribution in [3.05, 3.63) is 65.1 Å².